The molecule has 7 nitrogen and oxygen atoms in total. The summed E-state index contributed by atoms with van der Waals surface area (Å²) in [6.07, 6.45) is 17.5. The normalized spacial score (nSPS) is 28.4. The van der Waals surface area contributed by atoms with Crippen LogP contribution in [-0.2, 0) is 25.8 Å². The molecule has 7 heteroatoms. The maximum atomic E-state index is 12.8. The average molecular weight is 493 g/mol. The average Bonchev–Trinajstić information content (AvgIpc) is 3.20. The molecule has 196 valence electrons. The van der Waals surface area contributed by atoms with Gasteiger partial charge < -0.3 is 20.9 Å². The third-order valence-corrected chi connectivity index (χ3v) is 9.53. The molecule has 36 heavy (non-hydrogen) atoms. The van der Waals surface area contributed by atoms with E-state index in [1.807, 2.05) is 0 Å². The van der Waals surface area contributed by atoms with Crippen molar-refractivity contribution in [2.75, 3.05) is 12.3 Å². The standard InChI is InChI=1S/C29H44N6O/c1-2-3-10-24-33-25-26(22-8-4-5-9-23(22)32-27(25)30)35(24)12-7-6-11-31-28(36)34-29-16-19-13-20(17-29)15-21(14-19)18-29/h19-21H,2-18H2,1H3,(H2,30,32)(H2,31,34,36). The van der Waals surface area contributed by atoms with Crippen LogP contribution < -0.4 is 16.4 Å². The zero-order chi connectivity index (χ0) is 24.7. The third kappa shape index (κ3) is 4.58. The number of fused-ring (bicyclic) bond motifs is 3. The van der Waals surface area contributed by atoms with E-state index in [1.54, 1.807) is 0 Å². The van der Waals surface area contributed by atoms with Crippen molar-refractivity contribution in [2.24, 2.45) is 17.8 Å². The van der Waals surface area contributed by atoms with Gasteiger partial charge in [0.2, 0.25) is 0 Å². The van der Waals surface area contributed by atoms with Crippen LogP contribution in [0.2, 0.25) is 0 Å². The number of nitrogen functional groups attached to an aromatic ring is 1. The summed E-state index contributed by atoms with van der Waals surface area (Å²) in [5, 5.41) is 6.62. The van der Waals surface area contributed by atoms with E-state index < -0.39 is 0 Å². The third-order valence-electron chi connectivity index (χ3n) is 9.53. The van der Waals surface area contributed by atoms with Crippen LogP contribution in [-0.4, -0.2) is 32.6 Å². The van der Waals surface area contributed by atoms with Crippen molar-refractivity contribution >= 4 is 22.9 Å². The Morgan fingerprint density at radius 3 is 2.47 bits per heavy atom. The number of rotatable bonds is 9. The summed E-state index contributed by atoms with van der Waals surface area (Å²) in [6, 6.07) is 0.0431. The molecule has 5 aliphatic carbocycles. The molecule has 0 spiro atoms. The predicted octanol–water partition coefficient (Wildman–Crippen LogP) is 5.28. The summed E-state index contributed by atoms with van der Waals surface area (Å²) < 4.78 is 2.43. The molecule has 0 aromatic carbocycles. The first kappa shape index (κ1) is 24.1. The van der Waals surface area contributed by atoms with Crippen LogP contribution >= 0.6 is 0 Å². The summed E-state index contributed by atoms with van der Waals surface area (Å²) in [4.78, 5) is 22.5. The Kier molecular flexibility index (Phi) is 6.59. The molecule has 0 radical (unpaired) electrons. The largest absolute Gasteiger partial charge is 0.382 e. The van der Waals surface area contributed by atoms with E-state index >= 15 is 0 Å². The monoisotopic (exact) mass is 492 g/mol. The van der Waals surface area contributed by atoms with E-state index in [0.717, 1.165) is 87.1 Å². The van der Waals surface area contributed by atoms with Crippen LogP contribution in [0.3, 0.4) is 0 Å². The smallest absolute Gasteiger partial charge is 0.315 e. The van der Waals surface area contributed by atoms with Crippen LogP contribution in [0.1, 0.15) is 101 Å². The van der Waals surface area contributed by atoms with Gasteiger partial charge in [-0.15, -0.1) is 0 Å². The number of amides is 2. The van der Waals surface area contributed by atoms with E-state index in [4.69, 9.17) is 15.7 Å². The zero-order valence-corrected chi connectivity index (χ0v) is 22.1. The minimum absolute atomic E-state index is 0.0431. The molecule has 7 rings (SSSR count). The first-order valence-corrected chi connectivity index (χ1v) is 14.8. The molecule has 4 saturated carbocycles. The van der Waals surface area contributed by atoms with Crippen molar-refractivity contribution in [3.05, 3.63) is 17.1 Å². The lowest BCUT2D eigenvalue weighted by Crippen LogP contribution is -2.61. The molecular weight excluding hydrogens is 448 g/mol. The Morgan fingerprint density at radius 1 is 1.03 bits per heavy atom. The Bertz CT molecular complexity index is 1090. The van der Waals surface area contributed by atoms with Gasteiger partial charge in [-0.3, -0.25) is 0 Å². The first-order valence-electron chi connectivity index (χ1n) is 14.8. The van der Waals surface area contributed by atoms with Crippen molar-refractivity contribution in [3.63, 3.8) is 0 Å². The number of urea groups is 1. The number of unbranched alkanes of at least 4 members (excludes halogenated alkanes) is 2. The number of carbonyl (C=O) groups excluding carboxylic acids is 1. The van der Waals surface area contributed by atoms with Gasteiger partial charge in [0.1, 0.15) is 11.3 Å². The number of pyridine rings is 1. The first-order chi connectivity index (χ1) is 17.5. The number of nitrogens with two attached hydrogens (primary N) is 1. The van der Waals surface area contributed by atoms with Gasteiger partial charge in [0.15, 0.2) is 5.82 Å². The molecule has 2 aromatic heterocycles. The predicted molar refractivity (Wildman–Crippen MR) is 144 cm³/mol. The van der Waals surface area contributed by atoms with Gasteiger partial charge in [-0.1, -0.05) is 13.3 Å². The lowest BCUT2D eigenvalue weighted by atomic mass is 9.53. The molecule has 2 aromatic rings. The van der Waals surface area contributed by atoms with Crippen molar-refractivity contribution in [2.45, 2.75) is 115 Å². The fraction of sp³-hybridized carbons (Fsp3) is 0.759. The molecule has 2 amide bonds. The fourth-order valence-corrected chi connectivity index (χ4v) is 8.36. The Morgan fingerprint density at radius 2 is 1.75 bits per heavy atom. The minimum atomic E-state index is 0.0431. The Labute approximate surface area is 215 Å². The molecule has 4 bridgehead atoms. The van der Waals surface area contributed by atoms with Crippen LogP contribution in [0.5, 0.6) is 0 Å². The van der Waals surface area contributed by atoms with E-state index in [-0.39, 0.29) is 11.6 Å². The minimum Gasteiger partial charge on any atom is -0.382 e. The van der Waals surface area contributed by atoms with Crippen molar-refractivity contribution in [1.29, 1.82) is 0 Å². The molecular formula is C29H44N6O. The van der Waals surface area contributed by atoms with Gasteiger partial charge in [0.25, 0.3) is 0 Å². The highest BCUT2D eigenvalue weighted by molar-refractivity contribution is 5.89. The number of carbonyl (C=O) groups is 1. The summed E-state index contributed by atoms with van der Waals surface area (Å²) >= 11 is 0. The Hall–Kier alpha value is -2.31. The van der Waals surface area contributed by atoms with E-state index in [9.17, 15) is 4.79 Å². The van der Waals surface area contributed by atoms with Crippen LogP contribution in [0.15, 0.2) is 0 Å². The zero-order valence-electron chi connectivity index (χ0n) is 22.1. The summed E-state index contributed by atoms with van der Waals surface area (Å²) in [6.45, 7) is 3.87. The van der Waals surface area contributed by atoms with Gasteiger partial charge >= 0.3 is 6.03 Å². The van der Waals surface area contributed by atoms with E-state index in [2.05, 4.69) is 22.1 Å². The maximum absolute atomic E-state index is 12.8. The molecule has 4 fully saturated rings. The molecule has 0 unspecified atom stereocenters. The maximum Gasteiger partial charge on any atom is 0.315 e. The lowest BCUT2D eigenvalue weighted by molar-refractivity contribution is -0.0135. The number of imidazole rings is 1. The molecule has 2 heterocycles. The summed E-state index contributed by atoms with van der Waals surface area (Å²) in [5.41, 5.74) is 11.1. The van der Waals surface area contributed by atoms with E-state index in [0.29, 0.717) is 5.82 Å². The molecule has 0 saturated heterocycles. The molecule has 0 atom stereocenters. The van der Waals surface area contributed by atoms with Crippen LogP contribution in [0.4, 0.5) is 10.6 Å². The molecule has 4 N–H and O–H groups in total. The highest BCUT2D eigenvalue weighted by Gasteiger charge is 2.51. The fourth-order valence-electron chi connectivity index (χ4n) is 8.36. The Balaban J connectivity index is 1.07. The second-order valence-corrected chi connectivity index (χ2v) is 12.4. The number of hydrogen-bond acceptors (Lipinski definition) is 4. The second-order valence-electron chi connectivity index (χ2n) is 12.4. The number of aryl methyl sites for hydroxylation is 4. The van der Waals surface area contributed by atoms with Gasteiger partial charge in [0.05, 0.1) is 5.52 Å². The van der Waals surface area contributed by atoms with Gasteiger partial charge in [-0.2, -0.15) is 0 Å². The van der Waals surface area contributed by atoms with Gasteiger partial charge in [0, 0.05) is 30.7 Å². The number of aromatic nitrogens is 3. The molecule has 5 aliphatic rings. The number of anilines is 1. The summed E-state index contributed by atoms with van der Waals surface area (Å²) in [7, 11) is 0. The van der Waals surface area contributed by atoms with Crippen molar-refractivity contribution < 1.29 is 4.79 Å². The lowest BCUT2D eigenvalue weighted by Gasteiger charge is -2.56. The topological polar surface area (TPSA) is 97.9 Å². The second kappa shape index (κ2) is 9.86. The van der Waals surface area contributed by atoms with Crippen LogP contribution in [0.25, 0.3) is 11.0 Å². The van der Waals surface area contributed by atoms with E-state index in [1.165, 1.54) is 68.1 Å². The number of nitrogens with zero attached hydrogens (tertiary/aromatic N) is 3. The summed E-state index contributed by atoms with van der Waals surface area (Å²) in [5.74, 6) is 4.27. The number of hydrogen-bond donors (Lipinski definition) is 3. The number of nitrogens with one attached hydrogen (secondary N) is 2. The molecule has 0 aliphatic heterocycles. The van der Waals surface area contributed by atoms with Gasteiger partial charge in [-0.05, 0) is 107 Å². The quantitative estimate of drug-likeness (QED) is 0.415. The SMILES string of the molecule is CCCCc1nc2c(N)nc3c(c2n1CCCCNC(=O)NC12CC4CC(CC(C4)C1)C2)CCCC3. The van der Waals surface area contributed by atoms with Crippen molar-refractivity contribution in [3.8, 4) is 0 Å². The highest BCUT2D eigenvalue weighted by atomic mass is 16.2. The highest BCUT2D eigenvalue weighted by Crippen LogP contribution is 2.55. The van der Waals surface area contributed by atoms with Crippen molar-refractivity contribution in [1.82, 2.24) is 25.2 Å². The van der Waals surface area contributed by atoms with Crippen LogP contribution in [0, 0.1) is 17.8 Å². The van der Waals surface area contributed by atoms with Gasteiger partial charge in [-0.25, -0.2) is 14.8 Å².